The van der Waals surface area contributed by atoms with Gasteiger partial charge in [-0.15, -0.1) is 0 Å². The van der Waals surface area contributed by atoms with Crippen LogP contribution in [0.25, 0.3) is 0 Å². The Morgan fingerprint density at radius 1 is 0.875 bits per heavy atom. The van der Waals surface area contributed by atoms with Crippen LogP contribution < -0.4 is 23.5 Å². The lowest BCUT2D eigenvalue weighted by molar-refractivity contribution is -0.118. The summed E-state index contributed by atoms with van der Waals surface area (Å²) >= 11 is 0. The molecule has 0 aliphatic carbocycles. The van der Waals surface area contributed by atoms with Crippen LogP contribution in [-0.4, -0.2) is 35.6 Å². The molecule has 1 saturated heterocycles. The molecule has 1 aliphatic heterocycles. The topological polar surface area (TPSA) is 57.2 Å². The van der Waals surface area contributed by atoms with E-state index >= 15 is 0 Å². The van der Waals surface area contributed by atoms with E-state index in [-0.39, 0.29) is 17.0 Å². The summed E-state index contributed by atoms with van der Waals surface area (Å²) in [6.07, 6.45) is 0. The van der Waals surface area contributed by atoms with E-state index in [1.54, 1.807) is 38.4 Å². The van der Waals surface area contributed by atoms with E-state index < -0.39 is 8.32 Å². The van der Waals surface area contributed by atoms with Crippen molar-refractivity contribution in [1.29, 1.82) is 0 Å². The molecule has 0 N–H and O–H groups in total. The maximum absolute atomic E-state index is 12.8. The molecule has 1 amide bonds. The Labute approximate surface area is 191 Å². The molecule has 1 aliphatic rings. The van der Waals surface area contributed by atoms with Gasteiger partial charge in [-0.1, -0.05) is 33.4 Å². The summed E-state index contributed by atoms with van der Waals surface area (Å²) < 4.78 is 22.9. The fourth-order valence-electron chi connectivity index (χ4n) is 3.44. The van der Waals surface area contributed by atoms with Gasteiger partial charge in [0.15, 0.2) is 17.2 Å². The number of methoxy groups -OCH3 is 3. The van der Waals surface area contributed by atoms with Crippen LogP contribution >= 0.6 is 0 Å². The van der Waals surface area contributed by atoms with Crippen molar-refractivity contribution >= 4 is 19.9 Å². The zero-order valence-electron chi connectivity index (χ0n) is 20.2. The van der Waals surface area contributed by atoms with Gasteiger partial charge in [0.1, 0.15) is 5.75 Å². The van der Waals surface area contributed by atoms with Gasteiger partial charge in [-0.05, 0) is 48.0 Å². The van der Waals surface area contributed by atoms with Crippen molar-refractivity contribution in [1.82, 2.24) is 0 Å². The Morgan fingerprint density at radius 3 is 2.00 bits per heavy atom. The highest BCUT2D eigenvalue weighted by atomic mass is 28.4. The SMILES string of the molecule is C=C1C(=O)N(c2ccc(OC)c(OC)c2)[C@H]1c1ccc(OC)c(O[Si](C)(C)C(C)(C)C)c1. The number of nitrogens with zero attached hydrogens (tertiary/aromatic N) is 1. The van der Waals surface area contributed by atoms with Crippen molar-refractivity contribution in [2.45, 2.75) is 44.9 Å². The second-order valence-electron chi connectivity index (χ2n) is 9.41. The van der Waals surface area contributed by atoms with Crippen LogP contribution in [0.1, 0.15) is 32.4 Å². The second-order valence-corrected chi connectivity index (χ2v) is 14.1. The van der Waals surface area contributed by atoms with Gasteiger partial charge in [0.05, 0.1) is 27.4 Å². The Bertz CT molecular complexity index is 1040. The molecule has 6 nitrogen and oxygen atoms in total. The first-order valence-electron chi connectivity index (χ1n) is 10.6. The van der Waals surface area contributed by atoms with Crippen LogP contribution in [0.15, 0.2) is 48.6 Å². The summed E-state index contributed by atoms with van der Waals surface area (Å²) in [7, 11) is 2.70. The zero-order chi connectivity index (χ0) is 23.8. The molecule has 2 aromatic carbocycles. The predicted octanol–water partition coefficient (Wildman–Crippen LogP) is 5.74. The van der Waals surface area contributed by atoms with E-state index in [9.17, 15) is 4.79 Å². The molecule has 1 heterocycles. The number of benzene rings is 2. The molecule has 172 valence electrons. The minimum atomic E-state index is -2.09. The first-order chi connectivity index (χ1) is 14.9. The number of ether oxygens (including phenoxy) is 3. The highest BCUT2D eigenvalue weighted by Gasteiger charge is 2.44. The molecule has 2 aromatic rings. The number of hydrogen-bond donors (Lipinski definition) is 0. The van der Waals surface area contributed by atoms with Crippen molar-refractivity contribution in [2.24, 2.45) is 0 Å². The molecular weight excluding hydrogens is 422 g/mol. The number of hydrogen-bond acceptors (Lipinski definition) is 5. The van der Waals surface area contributed by atoms with E-state index in [0.717, 1.165) is 5.56 Å². The van der Waals surface area contributed by atoms with Crippen LogP contribution in [-0.2, 0) is 4.79 Å². The maximum Gasteiger partial charge on any atom is 0.256 e. The Hall–Kier alpha value is -2.93. The number of anilines is 1. The van der Waals surface area contributed by atoms with Gasteiger partial charge in [-0.25, -0.2) is 0 Å². The Kier molecular flexibility index (Phi) is 6.33. The van der Waals surface area contributed by atoms with Gasteiger partial charge in [-0.2, -0.15) is 0 Å². The third-order valence-corrected chi connectivity index (χ3v) is 10.7. The maximum atomic E-state index is 12.8. The predicted molar refractivity (Wildman–Crippen MR) is 130 cm³/mol. The monoisotopic (exact) mass is 455 g/mol. The van der Waals surface area contributed by atoms with Crippen molar-refractivity contribution in [3.63, 3.8) is 0 Å². The van der Waals surface area contributed by atoms with E-state index in [1.165, 1.54) is 0 Å². The third-order valence-electron chi connectivity index (χ3n) is 6.40. The van der Waals surface area contributed by atoms with Crippen LogP contribution in [0, 0.1) is 0 Å². The average Bonchev–Trinajstić information content (AvgIpc) is 2.75. The summed E-state index contributed by atoms with van der Waals surface area (Å²) in [5, 5.41) is 0.0374. The Morgan fingerprint density at radius 2 is 1.44 bits per heavy atom. The summed E-state index contributed by atoms with van der Waals surface area (Å²) in [6.45, 7) is 15.0. The van der Waals surface area contributed by atoms with Crippen LogP contribution in [0.2, 0.25) is 18.1 Å². The van der Waals surface area contributed by atoms with Crippen molar-refractivity contribution in [3.8, 4) is 23.0 Å². The normalized spacial score (nSPS) is 16.5. The molecule has 1 fully saturated rings. The highest BCUT2D eigenvalue weighted by molar-refractivity contribution is 6.74. The highest BCUT2D eigenvalue weighted by Crippen LogP contribution is 2.47. The van der Waals surface area contributed by atoms with Crippen LogP contribution in [0.3, 0.4) is 0 Å². The number of rotatable bonds is 7. The number of β-lactam (4-membered cyclic amide) rings is 1. The summed E-state index contributed by atoms with van der Waals surface area (Å²) in [5.41, 5.74) is 2.16. The summed E-state index contributed by atoms with van der Waals surface area (Å²) in [4.78, 5) is 14.5. The zero-order valence-corrected chi connectivity index (χ0v) is 21.2. The molecule has 1 atom stereocenters. The van der Waals surface area contributed by atoms with Gasteiger partial charge in [-0.3, -0.25) is 9.69 Å². The minimum Gasteiger partial charge on any atom is -0.541 e. The summed E-state index contributed by atoms with van der Waals surface area (Å²) in [6, 6.07) is 10.9. The van der Waals surface area contributed by atoms with Crippen LogP contribution in [0.4, 0.5) is 5.69 Å². The van der Waals surface area contributed by atoms with Gasteiger partial charge < -0.3 is 18.6 Å². The van der Waals surface area contributed by atoms with Gasteiger partial charge in [0.2, 0.25) is 0 Å². The molecule has 3 rings (SSSR count). The lowest BCUT2D eigenvalue weighted by Gasteiger charge is -2.43. The van der Waals surface area contributed by atoms with Gasteiger partial charge >= 0.3 is 0 Å². The van der Waals surface area contributed by atoms with Crippen molar-refractivity contribution < 1.29 is 23.4 Å². The first-order valence-corrected chi connectivity index (χ1v) is 13.5. The van der Waals surface area contributed by atoms with Crippen molar-refractivity contribution in [2.75, 3.05) is 26.2 Å². The molecule has 0 bridgehead atoms. The first kappa shape index (κ1) is 23.7. The molecule has 0 radical (unpaired) electrons. The number of amides is 1. The Balaban J connectivity index is 2.01. The molecule has 0 aromatic heterocycles. The molecule has 0 spiro atoms. The lowest BCUT2D eigenvalue weighted by atomic mass is 9.88. The average molecular weight is 456 g/mol. The number of carbonyl (C=O) groups excluding carboxylic acids is 1. The van der Waals surface area contributed by atoms with Crippen molar-refractivity contribution in [3.05, 3.63) is 54.1 Å². The fraction of sp³-hybridized carbons (Fsp3) is 0.400. The molecule has 32 heavy (non-hydrogen) atoms. The second kappa shape index (κ2) is 8.54. The van der Waals surface area contributed by atoms with E-state index in [4.69, 9.17) is 18.6 Å². The van der Waals surface area contributed by atoms with Gasteiger partial charge in [0.25, 0.3) is 14.2 Å². The molecule has 0 saturated carbocycles. The molecule has 7 heteroatoms. The third kappa shape index (κ3) is 4.09. The molecule has 0 unspecified atom stereocenters. The van der Waals surface area contributed by atoms with E-state index in [1.807, 2.05) is 24.3 Å². The standard InChI is InChI=1S/C25H33NO5Si/c1-16-23(26(24(16)27)18-11-13-19(28-5)21(15-18)30-7)17-10-12-20(29-6)22(14-17)31-32(8,9)25(2,3)4/h10-15,23H,1H2,2-9H3/t23-/m1/s1. The smallest absolute Gasteiger partial charge is 0.256 e. The van der Waals surface area contributed by atoms with E-state index in [2.05, 4.69) is 40.4 Å². The van der Waals surface area contributed by atoms with Gasteiger partial charge in [0, 0.05) is 17.3 Å². The lowest BCUT2D eigenvalue weighted by Crippen LogP contribution is -2.49. The summed E-state index contributed by atoms with van der Waals surface area (Å²) in [5.74, 6) is 2.41. The fourth-order valence-corrected chi connectivity index (χ4v) is 4.46. The molecular formula is C25H33NO5Si. The van der Waals surface area contributed by atoms with E-state index in [0.29, 0.717) is 34.3 Å². The minimum absolute atomic E-state index is 0.0374. The number of carbonyl (C=O) groups is 1. The largest absolute Gasteiger partial charge is 0.541 e. The quantitative estimate of drug-likeness (QED) is 0.303. The van der Waals surface area contributed by atoms with Crippen LogP contribution in [0.5, 0.6) is 23.0 Å².